The number of rotatable bonds is 1. The second kappa shape index (κ2) is 3.10. The number of nitrogens with zero attached hydrogens (tertiary/aromatic N) is 3. The molecular formula is C11H10N4O. The monoisotopic (exact) mass is 214 g/mol. The molecule has 0 saturated heterocycles. The van der Waals surface area contributed by atoms with E-state index in [2.05, 4.69) is 10.1 Å². The molecule has 0 amide bonds. The van der Waals surface area contributed by atoms with Gasteiger partial charge in [0.15, 0.2) is 0 Å². The van der Waals surface area contributed by atoms with Gasteiger partial charge in [0, 0.05) is 24.1 Å². The van der Waals surface area contributed by atoms with Crippen molar-refractivity contribution in [1.82, 2.24) is 19.3 Å². The molecule has 2 heterocycles. The van der Waals surface area contributed by atoms with E-state index < -0.39 is 0 Å². The number of nitrogens with one attached hydrogen (secondary N) is 1. The van der Waals surface area contributed by atoms with E-state index in [9.17, 15) is 4.79 Å². The molecule has 0 aliphatic rings. The Hall–Kier alpha value is -2.30. The number of aromatic amines is 1. The third-order valence-corrected chi connectivity index (χ3v) is 2.67. The highest BCUT2D eigenvalue weighted by Crippen LogP contribution is 2.17. The molecule has 0 bridgehead atoms. The summed E-state index contributed by atoms with van der Waals surface area (Å²) < 4.78 is 3.37. The van der Waals surface area contributed by atoms with Gasteiger partial charge in [-0.1, -0.05) is 0 Å². The van der Waals surface area contributed by atoms with Gasteiger partial charge in [0.1, 0.15) is 6.33 Å². The Kier molecular flexibility index (Phi) is 1.73. The first-order chi connectivity index (χ1) is 7.75. The summed E-state index contributed by atoms with van der Waals surface area (Å²) in [6.45, 7) is 0. The van der Waals surface area contributed by atoms with Crippen LogP contribution in [-0.4, -0.2) is 19.3 Å². The molecule has 80 valence electrons. The lowest BCUT2D eigenvalue weighted by molar-refractivity contribution is 0.844. The largest absolute Gasteiger partial charge is 0.351 e. The molecule has 2 aromatic heterocycles. The van der Waals surface area contributed by atoms with Crippen molar-refractivity contribution in [3.05, 3.63) is 47.3 Å². The van der Waals surface area contributed by atoms with Crippen LogP contribution >= 0.6 is 0 Å². The van der Waals surface area contributed by atoms with Gasteiger partial charge >= 0.3 is 5.69 Å². The molecule has 0 fully saturated rings. The van der Waals surface area contributed by atoms with Crippen molar-refractivity contribution in [2.45, 2.75) is 0 Å². The van der Waals surface area contributed by atoms with Crippen molar-refractivity contribution in [2.75, 3.05) is 0 Å². The average molecular weight is 214 g/mol. The van der Waals surface area contributed by atoms with Crippen LogP contribution < -0.4 is 5.69 Å². The van der Waals surface area contributed by atoms with Gasteiger partial charge in [0.05, 0.1) is 5.69 Å². The van der Waals surface area contributed by atoms with E-state index in [0.717, 1.165) is 16.6 Å². The van der Waals surface area contributed by atoms with Gasteiger partial charge in [-0.2, -0.15) is 9.78 Å². The zero-order chi connectivity index (χ0) is 11.1. The molecule has 3 aromatic rings. The smallest absolute Gasteiger partial charge is 0.347 e. The van der Waals surface area contributed by atoms with Gasteiger partial charge in [-0.05, 0) is 24.3 Å². The Morgan fingerprint density at radius 1 is 1.31 bits per heavy atom. The van der Waals surface area contributed by atoms with Gasteiger partial charge in [-0.15, -0.1) is 0 Å². The van der Waals surface area contributed by atoms with Gasteiger partial charge < -0.3 is 4.57 Å². The third-order valence-electron chi connectivity index (χ3n) is 2.67. The van der Waals surface area contributed by atoms with E-state index >= 15 is 0 Å². The molecule has 0 saturated carbocycles. The number of benzene rings is 1. The van der Waals surface area contributed by atoms with E-state index in [-0.39, 0.29) is 5.69 Å². The molecule has 5 heteroatoms. The van der Waals surface area contributed by atoms with Crippen molar-refractivity contribution in [2.24, 2.45) is 7.05 Å². The number of hydrogen-bond donors (Lipinski definition) is 1. The first-order valence-corrected chi connectivity index (χ1v) is 4.94. The summed E-state index contributed by atoms with van der Waals surface area (Å²) >= 11 is 0. The normalized spacial score (nSPS) is 11.1. The van der Waals surface area contributed by atoms with Crippen LogP contribution in [0.2, 0.25) is 0 Å². The summed E-state index contributed by atoms with van der Waals surface area (Å²) in [5, 5.41) is 5.03. The van der Waals surface area contributed by atoms with Crippen LogP contribution in [0.4, 0.5) is 0 Å². The molecule has 16 heavy (non-hydrogen) atoms. The van der Waals surface area contributed by atoms with Gasteiger partial charge in [0.2, 0.25) is 0 Å². The summed E-state index contributed by atoms with van der Waals surface area (Å²) in [7, 11) is 1.99. The lowest BCUT2D eigenvalue weighted by Gasteiger charge is -2.00. The topological polar surface area (TPSA) is 55.6 Å². The minimum Gasteiger partial charge on any atom is -0.351 e. The van der Waals surface area contributed by atoms with Crippen molar-refractivity contribution >= 4 is 10.9 Å². The van der Waals surface area contributed by atoms with E-state index in [1.165, 1.54) is 11.0 Å². The molecule has 0 atom stereocenters. The maximum Gasteiger partial charge on any atom is 0.347 e. The quantitative estimate of drug-likeness (QED) is 0.658. The molecule has 0 unspecified atom stereocenters. The molecule has 0 spiro atoms. The molecule has 1 aromatic carbocycles. The van der Waals surface area contributed by atoms with E-state index in [1.54, 1.807) is 0 Å². The molecular weight excluding hydrogens is 204 g/mol. The van der Waals surface area contributed by atoms with Crippen LogP contribution in [0.5, 0.6) is 0 Å². The fourth-order valence-corrected chi connectivity index (χ4v) is 1.84. The maximum absolute atomic E-state index is 11.4. The maximum atomic E-state index is 11.4. The van der Waals surface area contributed by atoms with E-state index in [0.29, 0.717) is 0 Å². The van der Waals surface area contributed by atoms with Crippen LogP contribution in [0.25, 0.3) is 16.6 Å². The highest BCUT2D eigenvalue weighted by molar-refractivity contribution is 5.82. The highest BCUT2D eigenvalue weighted by atomic mass is 16.1. The van der Waals surface area contributed by atoms with E-state index in [1.807, 2.05) is 42.1 Å². The zero-order valence-corrected chi connectivity index (χ0v) is 8.71. The third kappa shape index (κ3) is 1.18. The fraction of sp³-hybridized carbons (Fsp3) is 0.0909. The summed E-state index contributed by atoms with van der Waals surface area (Å²) in [4.78, 5) is 13.9. The van der Waals surface area contributed by atoms with Gasteiger partial charge in [0.25, 0.3) is 0 Å². The lowest BCUT2D eigenvalue weighted by Crippen LogP contribution is -2.15. The summed E-state index contributed by atoms with van der Waals surface area (Å²) in [5.74, 6) is 0. The Morgan fingerprint density at radius 2 is 2.19 bits per heavy atom. The van der Waals surface area contributed by atoms with Gasteiger partial charge in [-0.3, -0.25) is 4.98 Å². The Labute approximate surface area is 90.9 Å². The standard InChI is InChI=1S/C11H10N4O/c1-14-5-4-8-6-9(2-3-10(8)14)15-11(16)12-7-13-15/h2-7H,1H3,(H,12,13,16). The van der Waals surface area contributed by atoms with Crippen molar-refractivity contribution in [3.63, 3.8) is 0 Å². The highest BCUT2D eigenvalue weighted by Gasteiger charge is 2.04. The molecule has 3 rings (SSSR count). The van der Waals surface area contributed by atoms with Gasteiger partial charge in [-0.25, -0.2) is 4.79 Å². The summed E-state index contributed by atoms with van der Waals surface area (Å²) in [6.07, 6.45) is 3.37. The van der Waals surface area contributed by atoms with Crippen LogP contribution in [-0.2, 0) is 7.05 Å². The predicted octanol–water partition coefficient (Wildman–Crippen LogP) is 1.05. The molecule has 0 aliphatic heterocycles. The first kappa shape index (κ1) is 8.96. The first-order valence-electron chi connectivity index (χ1n) is 4.94. The molecule has 1 N–H and O–H groups in total. The molecule has 0 aliphatic carbocycles. The number of H-pyrrole nitrogens is 1. The van der Waals surface area contributed by atoms with Crippen molar-refractivity contribution < 1.29 is 0 Å². The van der Waals surface area contributed by atoms with Crippen molar-refractivity contribution in [1.29, 1.82) is 0 Å². The van der Waals surface area contributed by atoms with Crippen LogP contribution in [0.3, 0.4) is 0 Å². The average Bonchev–Trinajstić information content (AvgIpc) is 2.86. The second-order valence-corrected chi connectivity index (χ2v) is 3.68. The van der Waals surface area contributed by atoms with E-state index in [4.69, 9.17) is 0 Å². The number of fused-ring (bicyclic) bond motifs is 1. The number of aryl methyl sites for hydroxylation is 1. The number of hydrogen-bond acceptors (Lipinski definition) is 2. The van der Waals surface area contributed by atoms with Crippen LogP contribution in [0, 0.1) is 0 Å². The lowest BCUT2D eigenvalue weighted by atomic mass is 10.2. The predicted molar refractivity (Wildman–Crippen MR) is 60.7 cm³/mol. The zero-order valence-electron chi connectivity index (χ0n) is 8.71. The van der Waals surface area contributed by atoms with Crippen LogP contribution in [0.15, 0.2) is 41.6 Å². The second-order valence-electron chi connectivity index (χ2n) is 3.68. The minimum absolute atomic E-state index is 0.227. The number of aromatic nitrogens is 4. The molecule has 0 radical (unpaired) electrons. The Bertz CT molecular complexity index is 704. The summed E-state index contributed by atoms with van der Waals surface area (Å²) in [6, 6.07) is 7.81. The Morgan fingerprint density at radius 3 is 2.94 bits per heavy atom. The van der Waals surface area contributed by atoms with Crippen molar-refractivity contribution in [3.8, 4) is 5.69 Å². The SMILES string of the molecule is Cn1ccc2cc(-n3nc[nH]c3=O)ccc21. The Balaban J connectivity index is 2.27. The van der Waals surface area contributed by atoms with Crippen LogP contribution in [0.1, 0.15) is 0 Å². The fourth-order valence-electron chi connectivity index (χ4n) is 1.84. The summed E-state index contributed by atoms with van der Waals surface area (Å²) in [5.41, 5.74) is 1.67. The minimum atomic E-state index is -0.227. The molecule has 5 nitrogen and oxygen atoms in total.